The lowest BCUT2D eigenvalue weighted by Crippen LogP contribution is -2.53. The molecule has 11 heteroatoms. The predicted octanol–water partition coefficient (Wildman–Crippen LogP) is 4.61. The van der Waals surface area contributed by atoms with Gasteiger partial charge < -0.3 is 20.5 Å². The summed E-state index contributed by atoms with van der Waals surface area (Å²) in [5.41, 5.74) is 0.127. The molecule has 1 heterocycles. The minimum atomic E-state index is -5.99. The Kier molecular flexibility index (Phi) is 4.74. The number of aliphatic hydroxyl groups is 1. The summed E-state index contributed by atoms with van der Waals surface area (Å²) in [6.07, 6.45) is -12.0. The average Bonchev–Trinajstić information content (AvgIpc) is 3.01. The molecule has 0 fully saturated rings. The maximum atomic E-state index is 13.0. The number of hydrogen-bond acceptors (Lipinski definition) is 5. The Morgan fingerprint density at radius 2 is 1.28 bits per heavy atom. The molecule has 154 valence electrons. The van der Waals surface area contributed by atoms with Gasteiger partial charge in [-0.2, -0.15) is 26.3 Å². The molecular formula is C18H12F6N2O3. The fourth-order valence-electron chi connectivity index (χ4n) is 2.76. The molecule has 0 aliphatic rings. The maximum absolute atomic E-state index is 13.0. The van der Waals surface area contributed by atoms with Gasteiger partial charge in [-0.05, 0) is 29.8 Å². The highest BCUT2D eigenvalue weighted by Gasteiger charge is 2.71. The molecular weight excluding hydrogens is 406 g/mol. The van der Waals surface area contributed by atoms with Crippen molar-refractivity contribution in [2.75, 3.05) is 5.73 Å². The first kappa shape index (κ1) is 20.5. The van der Waals surface area contributed by atoms with Crippen LogP contribution in [0.4, 0.5) is 32.2 Å². The largest absolute Gasteiger partial charge is 0.508 e. The summed E-state index contributed by atoms with van der Waals surface area (Å²) in [7, 11) is 0. The number of phenolic OH excluding ortho intramolecular Hbond substituents is 1. The predicted molar refractivity (Wildman–Crippen MR) is 89.5 cm³/mol. The molecule has 2 aromatic carbocycles. The van der Waals surface area contributed by atoms with E-state index in [-0.39, 0.29) is 28.5 Å². The maximum Gasteiger partial charge on any atom is 0.430 e. The molecule has 0 saturated heterocycles. The van der Waals surface area contributed by atoms with Gasteiger partial charge in [-0.1, -0.05) is 29.4 Å². The number of nitrogens with two attached hydrogens (primary N) is 1. The van der Waals surface area contributed by atoms with Crippen LogP contribution in [0, 0.1) is 0 Å². The van der Waals surface area contributed by atoms with Crippen LogP contribution in [0.15, 0.2) is 53.1 Å². The van der Waals surface area contributed by atoms with E-state index in [4.69, 9.17) is 10.3 Å². The van der Waals surface area contributed by atoms with Crippen molar-refractivity contribution in [2.24, 2.45) is 0 Å². The second kappa shape index (κ2) is 6.69. The smallest absolute Gasteiger partial charge is 0.430 e. The number of aromatic nitrogens is 1. The van der Waals surface area contributed by atoms with Crippen LogP contribution in [0.5, 0.6) is 5.75 Å². The van der Waals surface area contributed by atoms with E-state index in [1.165, 1.54) is 24.3 Å². The van der Waals surface area contributed by atoms with Crippen LogP contribution in [0.3, 0.4) is 0 Å². The van der Waals surface area contributed by atoms with Gasteiger partial charge in [0, 0.05) is 11.1 Å². The van der Waals surface area contributed by atoms with Gasteiger partial charge in [0.05, 0.1) is 5.56 Å². The van der Waals surface area contributed by atoms with Gasteiger partial charge in [-0.25, -0.2) is 0 Å². The Balaban J connectivity index is 2.08. The van der Waals surface area contributed by atoms with Crippen molar-refractivity contribution in [3.05, 3.63) is 54.1 Å². The van der Waals surface area contributed by atoms with Crippen molar-refractivity contribution in [2.45, 2.75) is 18.0 Å². The van der Waals surface area contributed by atoms with E-state index >= 15 is 0 Å². The van der Waals surface area contributed by atoms with E-state index in [0.29, 0.717) is 17.7 Å². The molecule has 0 unspecified atom stereocenters. The molecule has 0 amide bonds. The Bertz CT molecular complexity index is 994. The normalized spacial score (nSPS) is 12.9. The highest BCUT2D eigenvalue weighted by molar-refractivity contribution is 5.87. The Morgan fingerprint density at radius 1 is 0.793 bits per heavy atom. The summed E-state index contributed by atoms with van der Waals surface area (Å²) < 4.78 is 82.9. The van der Waals surface area contributed by atoms with Crippen molar-refractivity contribution in [3.63, 3.8) is 0 Å². The first-order chi connectivity index (χ1) is 13.4. The van der Waals surface area contributed by atoms with Crippen molar-refractivity contribution in [1.82, 2.24) is 5.16 Å². The molecule has 3 rings (SSSR count). The fourth-order valence-corrected chi connectivity index (χ4v) is 2.76. The van der Waals surface area contributed by atoms with Crippen LogP contribution in [-0.4, -0.2) is 27.7 Å². The highest BCUT2D eigenvalue weighted by Crippen LogP contribution is 2.50. The first-order valence-corrected chi connectivity index (χ1v) is 7.87. The van der Waals surface area contributed by atoms with Gasteiger partial charge in [0.1, 0.15) is 11.4 Å². The third-order valence-electron chi connectivity index (χ3n) is 4.27. The number of rotatable bonds is 3. The van der Waals surface area contributed by atoms with Gasteiger partial charge in [0.2, 0.25) is 5.88 Å². The van der Waals surface area contributed by atoms with E-state index < -0.39 is 23.5 Å². The summed E-state index contributed by atoms with van der Waals surface area (Å²) in [6, 6.07) is 8.51. The minimum absolute atomic E-state index is 0.0327. The monoisotopic (exact) mass is 418 g/mol. The van der Waals surface area contributed by atoms with Crippen LogP contribution >= 0.6 is 0 Å². The lowest BCUT2D eigenvalue weighted by atomic mass is 9.90. The molecule has 0 spiro atoms. The van der Waals surface area contributed by atoms with Crippen molar-refractivity contribution in [1.29, 1.82) is 0 Å². The lowest BCUT2D eigenvalue weighted by Gasteiger charge is -2.32. The molecule has 5 nitrogen and oxygen atoms in total. The number of anilines is 1. The number of hydrogen-bond donors (Lipinski definition) is 3. The standard InChI is InChI=1S/C18H12F6N2O3/c19-17(20,21)16(28,18(22,23)24)11-5-1-9(2-6-11)13-14(26-29-15(13)25)10-3-7-12(27)8-4-10/h1-8,27-28H,25H2. The van der Waals surface area contributed by atoms with Crippen LogP contribution in [0.1, 0.15) is 5.56 Å². The number of aromatic hydroxyl groups is 1. The number of nitrogen functional groups attached to an aromatic ring is 1. The number of halogens is 6. The molecule has 0 radical (unpaired) electrons. The molecule has 0 saturated carbocycles. The number of phenols is 1. The van der Waals surface area contributed by atoms with Gasteiger partial charge in [-0.15, -0.1) is 0 Å². The second-order valence-electron chi connectivity index (χ2n) is 6.10. The molecule has 29 heavy (non-hydrogen) atoms. The molecule has 0 bridgehead atoms. The van der Waals surface area contributed by atoms with Gasteiger partial charge >= 0.3 is 12.4 Å². The molecule has 3 aromatic rings. The van der Waals surface area contributed by atoms with Crippen LogP contribution in [0.2, 0.25) is 0 Å². The summed E-state index contributed by atoms with van der Waals surface area (Å²) >= 11 is 0. The molecule has 0 aliphatic heterocycles. The third kappa shape index (κ3) is 3.37. The zero-order chi connectivity index (χ0) is 21.6. The van der Waals surface area contributed by atoms with Gasteiger partial charge in [-0.3, -0.25) is 0 Å². The number of alkyl halides is 6. The van der Waals surface area contributed by atoms with Gasteiger partial charge in [0.25, 0.3) is 5.60 Å². The van der Waals surface area contributed by atoms with Crippen molar-refractivity contribution < 1.29 is 41.1 Å². The van der Waals surface area contributed by atoms with Gasteiger partial charge in [0.15, 0.2) is 0 Å². The van der Waals surface area contributed by atoms with E-state index in [0.717, 1.165) is 12.1 Å². The summed E-state index contributed by atoms with van der Waals surface area (Å²) in [6.45, 7) is 0. The minimum Gasteiger partial charge on any atom is -0.508 e. The topological polar surface area (TPSA) is 92.5 Å². The zero-order valence-corrected chi connectivity index (χ0v) is 14.2. The summed E-state index contributed by atoms with van der Waals surface area (Å²) in [5.74, 6) is -0.252. The number of nitrogens with zero attached hydrogens (tertiary/aromatic N) is 1. The fraction of sp³-hybridized carbons (Fsp3) is 0.167. The Hall–Kier alpha value is -3.21. The SMILES string of the molecule is Nc1onc(-c2ccc(O)cc2)c1-c1ccc(C(O)(C(F)(F)F)C(F)(F)F)cc1. The molecule has 0 aliphatic carbocycles. The van der Waals surface area contributed by atoms with E-state index in [1.54, 1.807) is 0 Å². The van der Waals surface area contributed by atoms with Crippen molar-refractivity contribution in [3.8, 4) is 28.1 Å². The molecule has 0 atom stereocenters. The lowest BCUT2D eigenvalue weighted by molar-refractivity contribution is -0.376. The highest BCUT2D eigenvalue weighted by atomic mass is 19.4. The third-order valence-corrected chi connectivity index (χ3v) is 4.27. The van der Waals surface area contributed by atoms with Crippen molar-refractivity contribution >= 4 is 5.88 Å². The molecule has 4 N–H and O–H groups in total. The van der Waals surface area contributed by atoms with E-state index in [2.05, 4.69) is 5.16 Å². The van der Waals surface area contributed by atoms with E-state index in [9.17, 15) is 36.6 Å². The second-order valence-corrected chi connectivity index (χ2v) is 6.10. The summed E-state index contributed by atoms with van der Waals surface area (Å²) in [5, 5.41) is 22.6. The van der Waals surface area contributed by atoms with Crippen LogP contribution < -0.4 is 5.73 Å². The van der Waals surface area contributed by atoms with Crippen LogP contribution in [0.25, 0.3) is 22.4 Å². The summed E-state index contributed by atoms with van der Waals surface area (Å²) in [4.78, 5) is 0. The Labute approximate surface area is 159 Å². The average molecular weight is 418 g/mol. The zero-order valence-electron chi connectivity index (χ0n) is 14.2. The molecule has 1 aromatic heterocycles. The first-order valence-electron chi connectivity index (χ1n) is 7.87. The van der Waals surface area contributed by atoms with Crippen LogP contribution in [-0.2, 0) is 5.60 Å². The van der Waals surface area contributed by atoms with E-state index in [1.807, 2.05) is 0 Å². The quantitative estimate of drug-likeness (QED) is 0.541. The Morgan fingerprint density at radius 3 is 1.76 bits per heavy atom. The number of benzene rings is 2.